The molecule has 0 radical (unpaired) electrons. The van der Waals surface area contributed by atoms with Crippen molar-refractivity contribution in [2.24, 2.45) is 23.2 Å². The summed E-state index contributed by atoms with van der Waals surface area (Å²) in [5, 5.41) is 10.6. The lowest BCUT2D eigenvalue weighted by atomic mass is 9.54. The first-order chi connectivity index (χ1) is 9.61. The van der Waals surface area contributed by atoms with Crippen LogP contribution in [0.4, 0.5) is 0 Å². The second-order valence-corrected chi connectivity index (χ2v) is 7.73. The summed E-state index contributed by atoms with van der Waals surface area (Å²) in [6, 6.07) is 0. The van der Waals surface area contributed by atoms with Crippen LogP contribution in [0.1, 0.15) is 51.9 Å². The molecule has 0 aromatic carbocycles. The van der Waals surface area contributed by atoms with E-state index >= 15 is 0 Å². The molecule has 5 atom stereocenters. The van der Waals surface area contributed by atoms with E-state index in [2.05, 4.69) is 25.7 Å². The average Bonchev–Trinajstić information content (AvgIpc) is 2.71. The third-order valence-corrected chi connectivity index (χ3v) is 6.92. The van der Waals surface area contributed by atoms with Gasteiger partial charge in [0.25, 0.3) is 0 Å². The predicted molar refractivity (Wildman–Crippen MR) is 82.2 cm³/mol. The molecule has 0 aromatic rings. The molecule has 2 fully saturated rings. The van der Waals surface area contributed by atoms with Crippen molar-refractivity contribution in [3.05, 3.63) is 35.5 Å². The molecular formula is C19H26O. The Morgan fingerprint density at radius 1 is 1.25 bits per heavy atom. The fourth-order valence-electron chi connectivity index (χ4n) is 5.78. The fraction of sp³-hybridized carbons (Fsp3) is 0.684. The van der Waals surface area contributed by atoms with Crippen molar-refractivity contribution in [2.75, 3.05) is 0 Å². The van der Waals surface area contributed by atoms with Crippen LogP contribution >= 0.6 is 0 Å². The highest BCUT2D eigenvalue weighted by molar-refractivity contribution is 5.32. The number of rotatable bonds is 0. The van der Waals surface area contributed by atoms with Crippen LogP contribution in [0.5, 0.6) is 0 Å². The molecule has 108 valence electrons. The van der Waals surface area contributed by atoms with Gasteiger partial charge in [-0.3, -0.25) is 0 Å². The van der Waals surface area contributed by atoms with Gasteiger partial charge in [-0.05, 0) is 68.3 Å². The molecule has 0 bridgehead atoms. The molecule has 0 unspecified atom stereocenters. The smallest absolute Gasteiger partial charge is 0.0804 e. The highest BCUT2D eigenvalue weighted by Crippen LogP contribution is 2.61. The van der Waals surface area contributed by atoms with Crippen molar-refractivity contribution >= 4 is 0 Å². The maximum absolute atomic E-state index is 10.6. The molecule has 0 spiro atoms. The number of aliphatic hydroxyl groups is 1. The van der Waals surface area contributed by atoms with Crippen molar-refractivity contribution < 1.29 is 5.11 Å². The summed E-state index contributed by atoms with van der Waals surface area (Å²) in [6.45, 7) is 6.47. The molecule has 1 nitrogen and oxygen atoms in total. The Hall–Kier alpha value is -0.820. The third kappa shape index (κ3) is 1.59. The van der Waals surface area contributed by atoms with Crippen LogP contribution in [-0.4, -0.2) is 11.2 Å². The minimum Gasteiger partial charge on any atom is -0.388 e. The molecule has 0 aromatic heterocycles. The quantitative estimate of drug-likeness (QED) is 0.647. The van der Waals surface area contributed by atoms with Crippen molar-refractivity contribution in [3.8, 4) is 0 Å². The van der Waals surface area contributed by atoms with Crippen LogP contribution in [0, 0.1) is 23.2 Å². The van der Waals surface area contributed by atoms with E-state index in [1.165, 1.54) is 38.5 Å². The normalized spacial score (nSPS) is 47.0. The van der Waals surface area contributed by atoms with Gasteiger partial charge >= 0.3 is 0 Å². The van der Waals surface area contributed by atoms with E-state index < -0.39 is 0 Å². The van der Waals surface area contributed by atoms with Crippen molar-refractivity contribution in [2.45, 2.75) is 58.0 Å². The Labute approximate surface area is 122 Å². The zero-order valence-electron chi connectivity index (χ0n) is 12.6. The van der Waals surface area contributed by atoms with E-state index in [1.807, 2.05) is 0 Å². The number of fused-ring (bicyclic) bond motifs is 4. The molecule has 1 N–H and O–H groups in total. The molecule has 0 saturated heterocycles. The highest BCUT2D eigenvalue weighted by atomic mass is 16.3. The van der Waals surface area contributed by atoms with Gasteiger partial charge < -0.3 is 5.11 Å². The van der Waals surface area contributed by atoms with Gasteiger partial charge in [-0.1, -0.05) is 36.8 Å². The number of hydrogen-bond donors (Lipinski definition) is 1. The minimum absolute atomic E-state index is 0.112. The largest absolute Gasteiger partial charge is 0.388 e. The van der Waals surface area contributed by atoms with E-state index in [4.69, 9.17) is 0 Å². The standard InChI is InChI=1S/C19H26O/c1-12-11-17-16-8-7-13-5-3-4-6-14(13)15(16)9-10-19(17,2)18(12)20/h3-4,15-18,20H,1,5-11H2,2H3/t15-,16-,17+,18-,19+/m1/s1. The highest BCUT2D eigenvalue weighted by Gasteiger charge is 2.55. The van der Waals surface area contributed by atoms with Crippen LogP contribution in [0.3, 0.4) is 0 Å². The van der Waals surface area contributed by atoms with E-state index in [0.717, 1.165) is 23.8 Å². The van der Waals surface area contributed by atoms with E-state index in [9.17, 15) is 5.11 Å². The molecule has 20 heavy (non-hydrogen) atoms. The number of hydrogen-bond acceptors (Lipinski definition) is 1. The average molecular weight is 270 g/mol. The Balaban J connectivity index is 1.68. The van der Waals surface area contributed by atoms with E-state index in [0.29, 0.717) is 5.92 Å². The zero-order chi connectivity index (χ0) is 13.9. The molecule has 4 aliphatic carbocycles. The zero-order valence-corrected chi connectivity index (χ0v) is 12.6. The summed E-state index contributed by atoms with van der Waals surface area (Å²) in [6.07, 6.45) is 13.1. The maximum Gasteiger partial charge on any atom is 0.0804 e. The van der Waals surface area contributed by atoms with Crippen LogP contribution < -0.4 is 0 Å². The second-order valence-electron chi connectivity index (χ2n) is 7.73. The fourth-order valence-corrected chi connectivity index (χ4v) is 5.78. The van der Waals surface area contributed by atoms with Crippen LogP contribution in [-0.2, 0) is 0 Å². The van der Waals surface area contributed by atoms with E-state index in [1.54, 1.807) is 11.1 Å². The predicted octanol–water partition coefficient (Wildman–Crippen LogP) is 4.40. The van der Waals surface area contributed by atoms with Crippen molar-refractivity contribution in [1.82, 2.24) is 0 Å². The van der Waals surface area contributed by atoms with Gasteiger partial charge in [0, 0.05) is 5.41 Å². The first-order valence-electron chi connectivity index (χ1n) is 8.33. The summed E-state index contributed by atoms with van der Waals surface area (Å²) in [5.74, 6) is 2.27. The van der Waals surface area contributed by atoms with Crippen LogP contribution in [0.15, 0.2) is 35.5 Å². The van der Waals surface area contributed by atoms with E-state index in [-0.39, 0.29) is 11.5 Å². The number of aliphatic hydroxyl groups excluding tert-OH is 1. The lowest BCUT2D eigenvalue weighted by molar-refractivity contribution is -0.0252. The molecule has 1 heteroatoms. The van der Waals surface area contributed by atoms with Crippen molar-refractivity contribution in [1.29, 1.82) is 0 Å². The molecular weight excluding hydrogens is 244 g/mol. The SMILES string of the molecule is C=C1C[C@H]2[C@@H]3CCC4=C(CC=CC4)[C@H]3CC[C@]2(C)[C@@H]1O. The molecule has 4 rings (SSSR count). The Bertz CT molecular complexity index is 512. The van der Waals surface area contributed by atoms with Crippen LogP contribution in [0.25, 0.3) is 0 Å². The Morgan fingerprint density at radius 2 is 2.05 bits per heavy atom. The lowest BCUT2D eigenvalue weighted by Crippen LogP contribution is -2.45. The summed E-state index contributed by atoms with van der Waals surface area (Å²) >= 11 is 0. The summed E-state index contributed by atoms with van der Waals surface area (Å²) in [7, 11) is 0. The Kier molecular flexibility index (Phi) is 2.79. The van der Waals surface area contributed by atoms with Crippen LogP contribution in [0.2, 0.25) is 0 Å². The van der Waals surface area contributed by atoms with Gasteiger partial charge in [0.05, 0.1) is 6.10 Å². The lowest BCUT2D eigenvalue weighted by Gasteiger charge is -2.50. The molecule has 4 aliphatic rings. The third-order valence-electron chi connectivity index (χ3n) is 6.92. The van der Waals surface area contributed by atoms with Gasteiger partial charge in [0.1, 0.15) is 0 Å². The van der Waals surface area contributed by atoms with Gasteiger partial charge in [-0.2, -0.15) is 0 Å². The topological polar surface area (TPSA) is 20.2 Å². The maximum atomic E-state index is 10.6. The first kappa shape index (κ1) is 12.9. The van der Waals surface area contributed by atoms with Crippen molar-refractivity contribution in [3.63, 3.8) is 0 Å². The van der Waals surface area contributed by atoms with Gasteiger partial charge in [0.2, 0.25) is 0 Å². The summed E-state index contributed by atoms with van der Waals surface area (Å²) < 4.78 is 0. The molecule has 2 saturated carbocycles. The number of allylic oxidation sites excluding steroid dienone is 4. The molecule has 0 aliphatic heterocycles. The summed E-state index contributed by atoms with van der Waals surface area (Å²) in [4.78, 5) is 0. The van der Waals surface area contributed by atoms with Gasteiger partial charge in [-0.25, -0.2) is 0 Å². The van der Waals surface area contributed by atoms with Gasteiger partial charge in [0.15, 0.2) is 0 Å². The summed E-state index contributed by atoms with van der Waals surface area (Å²) in [5.41, 5.74) is 4.73. The molecule has 0 heterocycles. The monoisotopic (exact) mass is 270 g/mol. The minimum atomic E-state index is -0.255. The first-order valence-corrected chi connectivity index (χ1v) is 8.33. The second kappa shape index (κ2) is 4.34. The molecule has 0 amide bonds. The Morgan fingerprint density at radius 3 is 2.90 bits per heavy atom. The van der Waals surface area contributed by atoms with Gasteiger partial charge in [-0.15, -0.1) is 0 Å².